The normalized spacial score (nSPS) is 17.2. The summed E-state index contributed by atoms with van der Waals surface area (Å²) >= 11 is 5.94. The van der Waals surface area contributed by atoms with Crippen LogP contribution < -0.4 is 4.74 Å². The lowest BCUT2D eigenvalue weighted by atomic mass is 10.2. The predicted octanol–water partition coefficient (Wildman–Crippen LogP) is 3.21. The average Bonchev–Trinajstić information content (AvgIpc) is 2.65. The smallest absolute Gasteiger partial charge is 0.119 e. The zero-order chi connectivity index (χ0) is 18.4. The molecule has 0 amide bonds. The van der Waals surface area contributed by atoms with Gasteiger partial charge < -0.3 is 9.84 Å². The fraction of sp³-hybridized carbons (Fsp3) is 0.429. The van der Waals surface area contributed by atoms with E-state index in [0.29, 0.717) is 13.2 Å². The van der Waals surface area contributed by atoms with Crippen LogP contribution in [0.15, 0.2) is 48.5 Å². The summed E-state index contributed by atoms with van der Waals surface area (Å²) in [6, 6.07) is 16.0. The molecule has 0 aromatic heterocycles. The van der Waals surface area contributed by atoms with Gasteiger partial charge in [-0.1, -0.05) is 41.4 Å². The van der Waals surface area contributed by atoms with E-state index in [4.69, 9.17) is 16.3 Å². The van der Waals surface area contributed by atoms with E-state index in [0.717, 1.165) is 43.5 Å². The number of aliphatic hydroxyl groups is 1. The first kappa shape index (κ1) is 19.2. The summed E-state index contributed by atoms with van der Waals surface area (Å²) in [7, 11) is 0. The topological polar surface area (TPSA) is 35.9 Å². The molecule has 2 aromatic carbocycles. The van der Waals surface area contributed by atoms with Gasteiger partial charge in [-0.05, 0) is 36.8 Å². The molecular formula is C21H27ClN2O2. The van der Waals surface area contributed by atoms with Crippen molar-refractivity contribution in [3.05, 3.63) is 64.7 Å². The van der Waals surface area contributed by atoms with Crippen molar-refractivity contribution in [2.75, 3.05) is 39.3 Å². The summed E-state index contributed by atoms with van der Waals surface area (Å²) in [4.78, 5) is 4.75. The number of hydrogen-bond acceptors (Lipinski definition) is 4. The highest BCUT2D eigenvalue weighted by atomic mass is 35.5. The van der Waals surface area contributed by atoms with Crippen LogP contribution in [0.4, 0.5) is 0 Å². The fourth-order valence-corrected chi connectivity index (χ4v) is 3.28. The van der Waals surface area contributed by atoms with Crippen LogP contribution >= 0.6 is 11.6 Å². The van der Waals surface area contributed by atoms with Crippen LogP contribution in [0.25, 0.3) is 0 Å². The minimum absolute atomic E-state index is 0.327. The number of hydrogen-bond donors (Lipinski definition) is 1. The van der Waals surface area contributed by atoms with Gasteiger partial charge in [0.15, 0.2) is 0 Å². The molecule has 1 heterocycles. The minimum atomic E-state index is -0.473. The lowest BCUT2D eigenvalue weighted by molar-refractivity contribution is 0.0446. The van der Waals surface area contributed by atoms with E-state index < -0.39 is 6.10 Å². The van der Waals surface area contributed by atoms with Gasteiger partial charge in [0.2, 0.25) is 0 Å². The van der Waals surface area contributed by atoms with Gasteiger partial charge in [0.1, 0.15) is 18.5 Å². The van der Waals surface area contributed by atoms with E-state index in [2.05, 4.69) is 21.9 Å². The van der Waals surface area contributed by atoms with Gasteiger partial charge in [-0.25, -0.2) is 0 Å². The third-order valence-corrected chi connectivity index (χ3v) is 4.97. The zero-order valence-corrected chi connectivity index (χ0v) is 16.0. The third-order valence-electron chi connectivity index (χ3n) is 4.72. The number of aryl methyl sites for hydroxylation is 1. The maximum atomic E-state index is 10.3. The SMILES string of the molecule is Cc1ccc(OC[C@@H](O)CN2CCN(Cc3ccc(Cl)cc3)CC2)cc1. The Kier molecular flexibility index (Phi) is 6.92. The van der Waals surface area contributed by atoms with Crippen molar-refractivity contribution in [2.24, 2.45) is 0 Å². The first-order valence-electron chi connectivity index (χ1n) is 9.15. The van der Waals surface area contributed by atoms with Crippen molar-refractivity contribution < 1.29 is 9.84 Å². The Morgan fingerprint density at radius 1 is 0.962 bits per heavy atom. The maximum Gasteiger partial charge on any atom is 0.119 e. The van der Waals surface area contributed by atoms with Gasteiger partial charge in [0, 0.05) is 44.3 Å². The molecule has 0 radical (unpaired) electrons. The molecule has 0 spiro atoms. The van der Waals surface area contributed by atoms with Crippen LogP contribution in [-0.2, 0) is 6.54 Å². The number of piperazine rings is 1. The molecule has 3 rings (SSSR count). The second kappa shape index (κ2) is 9.38. The van der Waals surface area contributed by atoms with Crippen molar-refractivity contribution in [2.45, 2.75) is 19.6 Å². The average molecular weight is 375 g/mol. The van der Waals surface area contributed by atoms with Crippen LogP contribution in [0.5, 0.6) is 5.75 Å². The molecule has 1 N–H and O–H groups in total. The van der Waals surface area contributed by atoms with Crippen molar-refractivity contribution in [1.82, 2.24) is 9.80 Å². The first-order chi connectivity index (χ1) is 12.6. The third kappa shape index (κ3) is 5.99. The van der Waals surface area contributed by atoms with Crippen molar-refractivity contribution >= 4 is 11.6 Å². The summed E-state index contributed by atoms with van der Waals surface area (Å²) in [6.07, 6.45) is -0.473. The van der Waals surface area contributed by atoms with E-state index in [-0.39, 0.29) is 0 Å². The van der Waals surface area contributed by atoms with E-state index in [9.17, 15) is 5.11 Å². The van der Waals surface area contributed by atoms with Crippen LogP contribution in [0, 0.1) is 6.92 Å². The molecule has 140 valence electrons. The number of aliphatic hydroxyl groups excluding tert-OH is 1. The first-order valence-corrected chi connectivity index (χ1v) is 9.53. The molecule has 1 atom stereocenters. The Morgan fingerprint density at radius 2 is 1.58 bits per heavy atom. The second-order valence-corrected chi connectivity index (χ2v) is 7.42. The van der Waals surface area contributed by atoms with Crippen LogP contribution in [0.1, 0.15) is 11.1 Å². The number of nitrogens with zero attached hydrogens (tertiary/aromatic N) is 2. The number of β-amino-alcohol motifs (C(OH)–C–C–N with tert-alkyl or cyclic N) is 1. The Hall–Kier alpha value is -1.59. The molecule has 1 fully saturated rings. The Balaban J connectivity index is 1.36. The molecule has 2 aromatic rings. The predicted molar refractivity (Wildman–Crippen MR) is 106 cm³/mol. The molecule has 5 heteroatoms. The lowest BCUT2D eigenvalue weighted by Gasteiger charge is -2.35. The summed E-state index contributed by atoms with van der Waals surface area (Å²) in [6.45, 7) is 7.93. The van der Waals surface area contributed by atoms with Gasteiger partial charge in [0.25, 0.3) is 0 Å². The number of halogens is 1. The highest BCUT2D eigenvalue weighted by Crippen LogP contribution is 2.14. The molecule has 0 bridgehead atoms. The summed E-state index contributed by atoms with van der Waals surface area (Å²) < 4.78 is 5.68. The number of ether oxygens (including phenoxy) is 1. The highest BCUT2D eigenvalue weighted by Gasteiger charge is 2.19. The van der Waals surface area contributed by atoms with Crippen LogP contribution in [0.2, 0.25) is 5.02 Å². The molecular weight excluding hydrogens is 348 g/mol. The molecule has 1 saturated heterocycles. The Morgan fingerprint density at radius 3 is 2.23 bits per heavy atom. The van der Waals surface area contributed by atoms with E-state index >= 15 is 0 Å². The molecule has 0 saturated carbocycles. The monoisotopic (exact) mass is 374 g/mol. The summed E-state index contributed by atoms with van der Waals surface area (Å²) in [5, 5.41) is 11.0. The molecule has 0 unspecified atom stereocenters. The van der Waals surface area contributed by atoms with Gasteiger partial charge >= 0.3 is 0 Å². The van der Waals surface area contributed by atoms with E-state index in [1.165, 1.54) is 11.1 Å². The quantitative estimate of drug-likeness (QED) is 0.807. The van der Waals surface area contributed by atoms with Gasteiger partial charge in [-0.3, -0.25) is 9.80 Å². The molecule has 4 nitrogen and oxygen atoms in total. The van der Waals surface area contributed by atoms with Crippen molar-refractivity contribution in [3.8, 4) is 5.75 Å². The number of rotatable bonds is 7. The molecule has 1 aliphatic rings. The minimum Gasteiger partial charge on any atom is -0.491 e. The maximum absolute atomic E-state index is 10.3. The highest BCUT2D eigenvalue weighted by molar-refractivity contribution is 6.30. The number of benzene rings is 2. The Bertz CT molecular complexity index is 667. The molecule has 1 aliphatic heterocycles. The van der Waals surface area contributed by atoms with Crippen LogP contribution in [0.3, 0.4) is 0 Å². The largest absolute Gasteiger partial charge is 0.491 e. The lowest BCUT2D eigenvalue weighted by Crippen LogP contribution is -2.48. The van der Waals surface area contributed by atoms with E-state index in [1.54, 1.807) is 0 Å². The van der Waals surface area contributed by atoms with Crippen LogP contribution in [-0.4, -0.2) is 60.3 Å². The Labute approximate surface area is 160 Å². The second-order valence-electron chi connectivity index (χ2n) is 6.98. The van der Waals surface area contributed by atoms with Crippen molar-refractivity contribution in [1.29, 1.82) is 0 Å². The van der Waals surface area contributed by atoms with E-state index in [1.807, 2.05) is 43.3 Å². The van der Waals surface area contributed by atoms with Gasteiger partial charge in [0.05, 0.1) is 0 Å². The molecule has 0 aliphatic carbocycles. The summed E-state index contributed by atoms with van der Waals surface area (Å²) in [5.41, 5.74) is 2.49. The van der Waals surface area contributed by atoms with Gasteiger partial charge in [-0.2, -0.15) is 0 Å². The van der Waals surface area contributed by atoms with Gasteiger partial charge in [-0.15, -0.1) is 0 Å². The molecule has 26 heavy (non-hydrogen) atoms. The fourth-order valence-electron chi connectivity index (χ4n) is 3.16. The summed E-state index contributed by atoms with van der Waals surface area (Å²) in [5.74, 6) is 0.808. The zero-order valence-electron chi connectivity index (χ0n) is 15.3. The standard InChI is InChI=1S/C21H27ClN2O2/c1-17-2-8-21(9-3-17)26-16-20(25)15-24-12-10-23(11-13-24)14-18-4-6-19(22)7-5-18/h2-9,20,25H,10-16H2,1H3/t20-/m0/s1. The van der Waals surface area contributed by atoms with Crippen molar-refractivity contribution in [3.63, 3.8) is 0 Å².